The lowest BCUT2D eigenvalue weighted by Crippen LogP contribution is -2.34. The van der Waals surface area contributed by atoms with E-state index in [0.29, 0.717) is 76.8 Å². The van der Waals surface area contributed by atoms with Gasteiger partial charge in [0.2, 0.25) is 0 Å². The summed E-state index contributed by atoms with van der Waals surface area (Å²) in [5, 5.41) is 33.0. The molecular weight excluding hydrogens is 1340 g/mol. The Balaban J connectivity index is 0.000000250. The van der Waals surface area contributed by atoms with Gasteiger partial charge in [-0.3, -0.25) is 29.0 Å². The number of ether oxygens (including phenoxy) is 4. The number of amides is 4. The van der Waals surface area contributed by atoms with Crippen LogP contribution in [0.2, 0.25) is 0 Å². The van der Waals surface area contributed by atoms with Crippen molar-refractivity contribution in [2.24, 2.45) is 35.5 Å². The molecule has 0 bridgehead atoms. The zero-order valence-corrected chi connectivity index (χ0v) is 59.8. The Hall–Kier alpha value is -12.5. The van der Waals surface area contributed by atoms with E-state index >= 15 is 0 Å². The van der Waals surface area contributed by atoms with E-state index in [9.17, 15) is 33.6 Å². The number of esters is 2. The second-order valence-corrected chi connectivity index (χ2v) is 23.6. The van der Waals surface area contributed by atoms with E-state index in [1.165, 1.54) is 34.1 Å². The van der Waals surface area contributed by atoms with Gasteiger partial charge >= 0.3 is 30.1 Å². The van der Waals surface area contributed by atoms with Gasteiger partial charge in [-0.15, -0.1) is 0 Å². The Labute approximate surface area is 608 Å². The van der Waals surface area contributed by atoms with Crippen molar-refractivity contribution in [1.29, 1.82) is 0 Å². The zero-order chi connectivity index (χ0) is 75.6. The third-order valence-corrected chi connectivity index (χ3v) is 16.0. The molecule has 552 valence electrons. The quantitative estimate of drug-likeness (QED) is 0.00391. The van der Waals surface area contributed by atoms with Crippen molar-refractivity contribution in [3.8, 4) is 11.5 Å². The van der Waals surface area contributed by atoms with Gasteiger partial charge in [0.25, 0.3) is 11.8 Å². The number of carbonyl (C=O) groups excluding carboxylic acids is 6. The second-order valence-electron chi connectivity index (χ2n) is 23.6. The van der Waals surface area contributed by atoms with Gasteiger partial charge in [0.1, 0.15) is 35.0 Å². The number of nitrogens with two attached hydrogens (primary N) is 2. The monoisotopic (exact) mass is 1430 g/mol. The number of hydrogen-bond acceptors (Lipinski definition) is 19. The number of carboxylic acids is 1. The van der Waals surface area contributed by atoms with Gasteiger partial charge in [0, 0.05) is 79.3 Å². The fraction of sp³-hybridized carbons (Fsp3) is 0.312. The van der Waals surface area contributed by atoms with E-state index in [-0.39, 0.29) is 86.1 Å². The predicted octanol–water partition coefficient (Wildman–Crippen LogP) is 12.4. The molecule has 9 rings (SSSR count). The van der Waals surface area contributed by atoms with Gasteiger partial charge in [-0.05, 0) is 160 Å². The molecule has 0 fully saturated rings. The first-order valence-electron chi connectivity index (χ1n) is 34.5. The predicted molar refractivity (Wildman–Crippen MR) is 402 cm³/mol. The summed E-state index contributed by atoms with van der Waals surface area (Å²) in [7, 11) is 3.83. The number of phenols is 2. The number of hydrogen-bond donors (Lipinski definition) is 7. The van der Waals surface area contributed by atoms with Gasteiger partial charge in [-0.1, -0.05) is 70.6 Å². The average Bonchev–Trinajstić information content (AvgIpc) is 1.66. The number of rotatable bonds is 32. The first-order chi connectivity index (χ1) is 50.7. The number of aliphatic imine (C=N–C) groups is 2. The third-order valence-electron chi connectivity index (χ3n) is 16.0. The molecule has 28 nitrogen and oxygen atoms in total. The summed E-state index contributed by atoms with van der Waals surface area (Å²) in [4.78, 5) is 114. The summed E-state index contributed by atoms with van der Waals surface area (Å²) in [6, 6.07) is 39.8. The molecule has 105 heavy (non-hydrogen) atoms. The minimum Gasteiger partial charge on any atom is -0.504 e. The Bertz CT molecular complexity index is 4220. The van der Waals surface area contributed by atoms with E-state index in [4.69, 9.17) is 55.7 Å². The van der Waals surface area contributed by atoms with Gasteiger partial charge in [-0.2, -0.15) is 9.98 Å². The average molecular weight is 1440 g/mol. The fourth-order valence-electron chi connectivity index (χ4n) is 10.4. The number of carbonyl (C=O) groups is 7. The molecule has 0 spiro atoms. The van der Waals surface area contributed by atoms with Gasteiger partial charge < -0.3 is 65.5 Å². The number of benzene rings is 5. The van der Waals surface area contributed by atoms with E-state index < -0.39 is 18.2 Å². The summed E-state index contributed by atoms with van der Waals surface area (Å²) >= 11 is 0. The van der Waals surface area contributed by atoms with Crippen molar-refractivity contribution in [2.75, 3.05) is 60.0 Å². The van der Waals surface area contributed by atoms with Crippen LogP contribution in [0.5, 0.6) is 11.5 Å². The van der Waals surface area contributed by atoms with Crippen LogP contribution in [-0.2, 0) is 60.5 Å². The topological polar surface area (TPSA) is 386 Å². The maximum Gasteiger partial charge on any atom is 0.435 e. The summed E-state index contributed by atoms with van der Waals surface area (Å²) in [6.45, 7) is 10.0. The maximum absolute atomic E-state index is 13.6. The SMILES string of the molecule is CCCCCCOC(=O)/N=C(/N)c1ccc(NCc2nc3cc(C(=O)N(CCC(=O)OCC)c4ccccn4)ccc3n2C)cc1.CCCCCCOC(=O)/N=C(/N)c1ccc(NCc2nc3cc(C(=O)N(CCC(=O)OCC)c4ccccn4)ccc3n2C)cc1.O=C(O)/C=C/c1ccc(O)c(O)c1. The van der Waals surface area contributed by atoms with Crippen molar-refractivity contribution in [3.05, 3.63) is 197 Å². The molecule has 0 aliphatic rings. The Kier molecular flexibility index (Phi) is 31.5. The number of nitrogens with one attached hydrogen (secondary N) is 2. The van der Waals surface area contributed by atoms with Gasteiger partial charge in [-0.25, -0.2) is 34.3 Å². The van der Waals surface area contributed by atoms with Crippen LogP contribution in [0.1, 0.15) is 141 Å². The standard InChI is InChI=1S/2C34H41N7O5.C9H8O4/c2*1-4-6-7-10-21-46-34(44)39-32(35)24-12-15-26(16-13-24)37-23-30-38-27-22-25(14-17-28(27)40(30)3)33(43)41(20-18-31(42)45-5-2)29-11-8-9-19-36-29;10-7-3-1-6(5-8(7)11)2-4-9(12)13/h2*8-9,11-17,19,22,37H,4-7,10,18,20-21,23H2,1-3H3,(H2,35,39,44);1-5,10-11H,(H,12,13)/b;;4-2+. The number of unbranched alkanes of at least 4 members (excludes halogenated alkanes) is 6. The van der Waals surface area contributed by atoms with Crippen LogP contribution in [0.25, 0.3) is 28.1 Å². The van der Waals surface area contributed by atoms with Crippen LogP contribution in [0.3, 0.4) is 0 Å². The number of amidine groups is 2. The number of aromatic hydroxyl groups is 2. The van der Waals surface area contributed by atoms with Crippen LogP contribution in [0.15, 0.2) is 168 Å². The molecule has 9 aromatic rings. The third kappa shape index (κ3) is 24.9. The number of carboxylic acid groups (broad SMARTS) is 1. The number of imidazole rings is 2. The highest BCUT2D eigenvalue weighted by molar-refractivity contribution is 6.09. The molecule has 0 saturated heterocycles. The summed E-state index contributed by atoms with van der Waals surface area (Å²) < 4.78 is 24.3. The highest BCUT2D eigenvalue weighted by Gasteiger charge is 2.24. The first-order valence-corrected chi connectivity index (χ1v) is 34.5. The molecule has 28 heteroatoms. The van der Waals surface area contributed by atoms with Crippen molar-refractivity contribution >= 4 is 105 Å². The number of aromatic nitrogens is 6. The minimum absolute atomic E-state index is 0.0455. The summed E-state index contributed by atoms with van der Waals surface area (Å²) in [5.41, 5.74) is 19.3. The molecule has 0 atom stereocenters. The number of pyridine rings is 2. The van der Waals surface area contributed by atoms with Crippen molar-refractivity contribution in [1.82, 2.24) is 29.1 Å². The molecule has 0 aliphatic carbocycles. The molecule has 4 aromatic heterocycles. The highest BCUT2D eigenvalue weighted by atomic mass is 16.6. The number of fused-ring (bicyclic) bond motifs is 2. The Morgan fingerprint density at radius 1 is 0.514 bits per heavy atom. The largest absolute Gasteiger partial charge is 0.504 e. The van der Waals surface area contributed by atoms with Crippen LogP contribution in [0, 0.1) is 0 Å². The minimum atomic E-state index is -1.06. The second kappa shape index (κ2) is 41.4. The number of aliphatic carboxylic acids is 1. The lowest BCUT2D eigenvalue weighted by Gasteiger charge is -2.21. The lowest BCUT2D eigenvalue weighted by atomic mass is 10.1. The molecule has 0 unspecified atom stereocenters. The molecule has 9 N–H and O–H groups in total. The van der Waals surface area contributed by atoms with Crippen LogP contribution in [-0.4, -0.2) is 137 Å². The zero-order valence-electron chi connectivity index (χ0n) is 59.8. The summed E-state index contributed by atoms with van der Waals surface area (Å²) in [5.74, 6) is -0.322. The van der Waals surface area contributed by atoms with Crippen molar-refractivity contribution < 1.29 is 67.8 Å². The van der Waals surface area contributed by atoms with E-state index in [1.54, 1.807) is 111 Å². The van der Waals surface area contributed by atoms with Gasteiger partial charge in [0.15, 0.2) is 11.5 Å². The fourth-order valence-corrected chi connectivity index (χ4v) is 10.4. The molecule has 5 aromatic carbocycles. The highest BCUT2D eigenvalue weighted by Crippen LogP contribution is 2.27. The maximum atomic E-state index is 13.6. The Morgan fingerprint density at radius 2 is 0.943 bits per heavy atom. The molecular formula is C77H90N14O14. The number of phenolic OH excluding ortho intramolecular Hbond substituents is 2. The molecule has 0 aliphatic heterocycles. The molecule has 0 saturated carbocycles. The van der Waals surface area contributed by atoms with E-state index in [2.05, 4.69) is 44.4 Å². The number of nitrogens with zero attached hydrogens (tertiary/aromatic N) is 10. The normalized spacial score (nSPS) is 11.2. The lowest BCUT2D eigenvalue weighted by molar-refractivity contribution is -0.143. The smallest absolute Gasteiger partial charge is 0.435 e. The first kappa shape index (κ1) is 79.8. The molecule has 0 radical (unpaired) electrons. The molecule has 4 heterocycles. The van der Waals surface area contributed by atoms with Crippen molar-refractivity contribution in [2.45, 2.75) is 105 Å². The van der Waals surface area contributed by atoms with E-state index in [1.807, 2.05) is 59.6 Å². The van der Waals surface area contributed by atoms with Gasteiger partial charge in [0.05, 0.1) is 74.4 Å². The number of anilines is 4. The van der Waals surface area contributed by atoms with E-state index in [0.717, 1.165) is 91.5 Å². The Morgan fingerprint density at radius 3 is 1.32 bits per heavy atom. The van der Waals surface area contributed by atoms with Crippen LogP contribution >= 0.6 is 0 Å². The van der Waals surface area contributed by atoms with Crippen molar-refractivity contribution in [3.63, 3.8) is 0 Å². The number of aryl methyl sites for hydroxylation is 2. The summed E-state index contributed by atoms with van der Waals surface area (Å²) in [6.07, 6.45) is 12.3. The van der Waals surface area contributed by atoms with Crippen LogP contribution in [0.4, 0.5) is 32.6 Å². The van der Waals surface area contributed by atoms with Crippen LogP contribution < -0.4 is 31.9 Å². The molecule has 4 amide bonds.